The topological polar surface area (TPSA) is 141 Å². The van der Waals surface area contributed by atoms with Gasteiger partial charge in [-0.15, -0.1) is 0 Å². The Hall–Kier alpha value is -3.73. The minimum Gasteiger partial charge on any atom is -0.480 e. The second-order valence-corrected chi connectivity index (χ2v) is 10.2. The number of amides is 1. The molecule has 0 spiro atoms. The summed E-state index contributed by atoms with van der Waals surface area (Å²) in [5.41, 5.74) is 3.56. The zero-order valence-electron chi connectivity index (χ0n) is 18.9. The molecule has 0 radical (unpaired) electrons. The van der Waals surface area contributed by atoms with Gasteiger partial charge in [-0.1, -0.05) is 35.9 Å². The molecule has 0 bridgehead atoms. The van der Waals surface area contributed by atoms with Gasteiger partial charge in [0.25, 0.3) is 5.91 Å². The Labute approximate surface area is 212 Å². The minimum atomic E-state index is -4.07. The first-order valence-corrected chi connectivity index (χ1v) is 12.9. The SMILES string of the molecule is O=C(NCCC[C@H](NS(=O)(=O)c1ccc(-c2ccc(Cl)cc2)cc1)C(=O)O)c1ccc2nc[nH]c2c1. The molecule has 186 valence electrons. The first kappa shape index (κ1) is 25.4. The first-order chi connectivity index (χ1) is 17.2. The van der Waals surface area contributed by atoms with Crippen LogP contribution in [0, 0.1) is 0 Å². The van der Waals surface area contributed by atoms with Crippen LogP contribution in [0.3, 0.4) is 0 Å². The van der Waals surface area contributed by atoms with E-state index in [0.717, 1.165) is 22.2 Å². The predicted molar refractivity (Wildman–Crippen MR) is 136 cm³/mol. The number of fused-ring (bicyclic) bond motifs is 1. The van der Waals surface area contributed by atoms with Crippen molar-refractivity contribution in [3.8, 4) is 11.1 Å². The molecule has 36 heavy (non-hydrogen) atoms. The van der Waals surface area contributed by atoms with Crippen LogP contribution in [0.1, 0.15) is 23.2 Å². The molecule has 0 fully saturated rings. The van der Waals surface area contributed by atoms with E-state index < -0.39 is 22.0 Å². The molecule has 0 aliphatic heterocycles. The summed E-state index contributed by atoms with van der Waals surface area (Å²) in [5, 5.41) is 12.8. The lowest BCUT2D eigenvalue weighted by atomic mass is 10.1. The monoisotopic (exact) mass is 526 g/mol. The number of carboxylic acid groups (broad SMARTS) is 1. The fourth-order valence-electron chi connectivity index (χ4n) is 3.64. The second kappa shape index (κ2) is 10.9. The van der Waals surface area contributed by atoms with Crippen LogP contribution in [0.25, 0.3) is 22.2 Å². The maximum atomic E-state index is 12.8. The number of aromatic nitrogens is 2. The van der Waals surface area contributed by atoms with Crippen molar-refractivity contribution in [3.63, 3.8) is 0 Å². The first-order valence-electron chi connectivity index (χ1n) is 11.1. The third-order valence-electron chi connectivity index (χ3n) is 5.58. The van der Waals surface area contributed by atoms with Gasteiger partial charge in [-0.25, -0.2) is 13.4 Å². The van der Waals surface area contributed by atoms with Crippen molar-refractivity contribution in [1.29, 1.82) is 0 Å². The fourth-order valence-corrected chi connectivity index (χ4v) is 4.99. The quantitative estimate of drug-likeness (QED) is 0.231. The summed E-state index contributed by atoms with van der Waals surface area (Å²) in [6, 6.07) is 16.9. The second-order valence-electron chi connectivity index (χ2n) is 8.08. The maximum Gasteiger partial charge on any atom is 0.321 e. The Balaban J connectivity index is 1.33. The average molecular weight is 527 g/mol. The van der Waals surface area contributed by atoms with Gasteiger partial charge >= 0.3 is 5.97 Å². The van der Waals surface area contributed by atoms with Gasteiger partial charge in [0.1, 0.15) is 6.04 Å². The van der Waals surface area contributed by atoms with Crippen LogP contribution < -0.4 is 10.0 Å². The molecule has 9 nitrogen and oxygen atoms in total. The molecule has 1 aromatic heterocycles. The van der Waals surface area contributed by atoms with Crippen molar-refractivity contribution in [3.05, 3.63) is 83.6 Å². The summed E-state index contributed by atoms with van der Waals surface area (Å²) < 4.78 is 27.8. The lowest BCUT2D eigenvalue weighted by Crippen LogP contribution is -2.41. The van der Waals surface area contributed by atoms with E-state index in [0.29, 0.717) is 10.6 Å². The van der Waals surface area contributed by atoms with Crippen LogP contribution in [0.2, 0.25) is 5.02 Å². The molecule has 1 atom stereocenters. The lowest BCUT2D eigenvalue weighted by molar-refractivity contribution is -0.139. The number of benzene rings is 3. The highest BCUT2D eigenvalue weighted by molar-refractivity contribution is 7.89. The number of aliphatic carboxylic acids is 1. The molecule has 0 saturated carbocycles. The molecule has 1 heterocycles. The molecule has 1 amide bonds. The number of nitrogens with zero attached hydrogens (tertiary/aromatic N) is 1. The highest BCUT2D eigenvalue weighted by Crippen LogP contribution is 2.23. The van der Waals surface area contributed by atoms with Crippen LogP contribution in [0.15, 0.2) is 78.0 Å². The van der Waals surface area contributed by atoms with Gasteiger partial charge in [0.15, 0.2) is 0 Å². The van der Waals surface area contributed by atoms with Gasteiger partial charge in [-0.3, -0.25) is 9.59 Å². The van der Waals surface area contributed by atoms with Gasteiger partial charge in [-0.2, -0.15) is 4.72 Å². The van der Waals surface area contributed by atoms with Crippen molar-refractivity contribution >= 4 is 44.5 Å². The number of sulfonamides is 1. The maximum absolute atomic E-state index is 12.8. The summed E-state index contributed by atoms with van der Waals surface area (Å²) in [7, 11) is -4.07. The van der Waals surface area contributed by atoms with E-state index >= 15 is 0 Å². The number of rotatable bonds is 10. The minimum absolute atomic E-state index is 0.00269. The van der Waals surface area contributed by atoms with Crippen LogP contribution in [0.4, 0.5) is 0 Å². The molecule has 0 aliphatic carbocycles. The van der Waals surface area contributed by atoms with Gasteiger partial charge in [0.05, 0.1) is 22.3 Å². The van der Waals surface area contributed by atoms with E-state index in [1.165, 1.54) is 18.5 Å². The zero-order chi connectivity index (χ0) is 25.7. The molecular weight excluding hydrogens is 504 g/mol. The third kappa shape index (κ3) is 6.09. The van der Waals surface area contributed by atoms with E-state index in [2.05, 4.69) is 20.0 Å². The summed E-state index contributed by atoms with van der Waals surface area (Å²) in [4.78, 5) is 31.0. The normalized spacial score (nSPS) is 12.4. The molecule has 0 unspecified atom stereocenters. The molecule has 4 N–H and O–H groups in total. The number of nitrogens with one attached hydrogen (secondary N) is 3. The largest absolute Gasteiger partial charge is 0.480 e. The average Bonchev–Trinajstić information content (AvgIpc) is 3.34. The molecule has 4 aromatic rings. The van der Waals surface area contributed by atoms with Gasteiger partial charge < -0.3 is 15.4 Å². The van der Waals surface area contributed by atoms with Crippen LogP contribution in [0.5, 0.6) is 0 Å². The third-order valence-corrected chi connectivity index (χ3v) is 7.31. The molecule has 3 aromatic carbocycles. The van der Waals surface area contributed by atoms with Crippen molar-refractivity contribution < 1.29 is 23.1 Å². The van der Waals surface area contributed by atoms with Gasteiger partial charge in [0, 0.05) is 17.1 Å². The number of halogens is 1. The summed E-state index contributed by atoms with van der Waals surface area (Å²) in [6.45, 7) is 0.182. The van der Waals surface area contributed by atoms with Crippen LogP contribution in [-0.4, -0.2) is 48.0 Å². The van der Waals surface area contributed by atoms with Crippen molar-refractivity contribution in [2.24, 2.45) is 0 Å². The predicted octanol–water partition coefficient (Wildman–Crippen LogP) is 3.83. The fraction of sp³-hybridized carbons (Fsp3) is 0.160. The highest BCUT2D eigenvalue weighted by atomic mass is 35.5. The van der Waals surface area contributed by atoms with Crippen molar-refractivity contribution in [2.45, 2.75) is 23.8 Å². The Bertz CT molecular complexity index is 1490. The number of imidazole rings is 1. The molecule has 0 aliphatic rings. The summed E-state index contributed by atoms with van der Waals surface area (Å²) in [6.07, 6.45) is 1.79. The molecule has 0 saturated heterocycles. The number of hydrogen-bond acceptors (Lipinski definition) is 5. The standard InChI is InChI=1S/C25H23ClN4O5S/c26-19-8-3-16(4-9-19)17-5-10-20(11-6-17)36(34,35)30-22(25(32)33)2-1-13-27-24(31)18-7-12-21-23(14-18)29-15-28-21/h3-12,14-15,22,30H,1-2,13H2,(H,27,31)(H,28,29)(H,32,33)/t22-/m0/s1. The van der Waals surface area contributed by atoms with Crippen molar-refractivity contribution in [1.82, 2.24) is 20.0 Å². The number of H-pyrrole nitrogens is 1. The Kier molecular flexibility index (Phi) is 7.68. The molecule has 4 rings (SSSR count). The van der Waals surface area contributed by atoms with Crippen LogP contribution in [-0.2, 0) is 14.8 Å². The summed E-state index contributed by atoms with van der Waals surface area (Å²) >= 11 is 5.90. The Morgan fingerprint density at radius 3 is 2.33 bits per heavy atom. The number of hydrogen-bond donors (Lipinski definition) is 4. The molecular formula is C25H23ClN4O5S. The van der Waals surface area contributed by atoms with Crippen LogP contribution >= 0.6 is 11.6 Å². The number of carbonyl (C=O) groups is 2. The van der Waals surface area contributed by atoms with E-state index in [-0.39, 0.29) is 30.2 Å². The van der Waals surface area contributed by atoms with Crippen molar-refractivity contribution in [2.75, 3.05) is 6.54 Å². The van der Waals surface area contributed by atoms with E-state index in [1.807, 2.05) is 12.1 Å². The smallest absolute Gasteiger partial charge is 0.321 e. The summed E-state index contributed by atoms with van der Waals surface area (Å²) in [5.74, 6) is -1.62. The van der Waals surface area contributed by atoms with Gasteiger partial charge in [-0.05, 0) is 66.4 Å². The van der Waals surface area contributed by atoms with Gasteiger partial charge in [0.2, 0.25) is 10.0 Å². The number of aromatic amines is 1. The zero-order valence-corrected chi connectivity index (χ0v) is 20.5. The lowest BCUT2D eigenvalue weighted by Gasteiger charge is -2.15. The van der Waals surface area contributed by atoms with E-state index in [1.54, 1.807) is 42.5 Å². The number of carbonyl (C=O) groups excluding carboxylic acids is 1. The van der Waals surface area contributed by atoms with E-state index in [9.17, 15) is 23.1 Å². The highest BCUT2D eigenvalue weighted by Gasteiger charge is 2.25. The molecule has 11 heteroatoms. The van der Waals surface area contributed by atoms with E-state index in [4.69, 9.17) is 11.6 Å². The Morgan fingerprint density at radius 1 is 1.00 bits per heavy atom. The Morgan fingerprint density at radius 2 is 1.67 bits per heavy atom. The number of carboxylic acids is 1.